The van der Waals surface area contributed by atoms with Crippen molar-refractivity contribution in [1.82, 2.24) is 0 Å². The van der Waals surface area contributed by atoms with E-state index in [1.54, 1.807) is 0 Å². The molecule has 0 aromatic heterocycles. The zero-order chi connectivity index (χ0) is 13.7. The van der Waals surface area contributed by atoms with Gasteiger partial charge in [-0.05, 0) is 0 Å². The van der Waals surface area contributed by atoms with Crippen LogP contribution in [0.2, 0.25) is 0 Å². The molecule has 1 aliphatic heterocycles. The molecular weight excluding hydrogens is 268 g/mol. The van der Waals surface area contributed by atoms with E-state index in [0.29, 0.717) is 0 Å². The number of hydrogen-bond donors (Lipinski definition) is 6. The van der Waals surface area contributed by atoms with Crippen molar-refractivity contribution in [1.29, 1.82) is 0 Å². The molecule has 6 atom stereocenters. The first-order valence-corrected chi connectivity index (χ1v) is 7.06. The highest BCUT2D eigenvalue weighted by Gasteiger charge is 2.50. The van der Waals surface area contributed by atoms with Gasteiger partial charge in [-0.25, -0.2) is 5.26 Å². The Bertz CT molecular complexity index is 243. The summed E-state index contributed by atoms with van der Waals surface area (Å²) in [4.78, 5) is 4.26. The molecule has 8 nitrogen and oxygen atoms in total. The van der Waals surface area contributed by atoms with E-state index in [-0.39, 0.29) is 18.1 Å². The summed E-state index contributed by atoms with van der Waals surface area (Å²) in [7, 11) is -0.609. The van der Waals surface area contributed by atoms with Gasteiger partial charge in [-0.15, -0.1) is 0 Å². The van der Waals surface area contributed by atoms with Crippen molar-refractivity contribution in [2.45, 2.75) is 29.7 Å². The standard InChI is InChI=1S/C9H18O8S/c10-1-7(16-17-15)5(12)3-18-4-6(13)9(14)8(18)2-11/h5-14H,1-4H2/p+1/t5-,6-,7+,8-,9+,18?/m1/s1. The zero-order valence-corrected chi connectivity index (χ0v) is 10.4. The number of aliphatic hydroxyl groups excluding tert-OH is 5. The largest absolute Gasteiger partial charge is 0.393 e. The van der Waals surface area contributed by atoms with Crippen molar-refractivity contribution in [2.24, 2.45) is 0 Å². The average molecular weight is 287 g/mol. The van der Waals surface area contributed by atoms with E-state index in [2.05, 4.69) is 9.93 Å². The quantitative estimate of drug-likeness (QED) is 0.164. The third-order valence-electron chi connectivity index (χ3n) is 2.93. The van der Waals surface area contributed by atoms with Crippen LogP contribution < -0.4 is 0 Å². The lowest BCUT2D eigenvalue weighted by Crippen LogP contribution is -2.42. The minimum Gasteiger partial charge on any atom is -0.393 e. The van der Waals surface area contributed by atoms with Crippen LogP contribution in [0.4, 0.5) is 0 Å². The molecule has 0 aromatic rings. The lowest BCUT2D eigenvalue weighted by Gasteiger charge is -2.19. The average Bonchev–Trinajstić information content (AvgIpc) is 2.61. The highest BCUT2D eigenvalue weighted by atomic mass is 32.2. The van der Waals surface area contributed by atoms with Gasteiger partial charge in [0.15, 0.2) is 5.25 Å². The molecular formula is C9H19O8S+. The molecule has 0 spiro atoms. The summed E-state index contributed by atoms with van der Waals surface area (Å²) in [5.74, 6) is 0.384. The van der Waals surface area contributed by atoms with Gasteiger partial charge in [0.1, 0.15) is 35.9 Å². The Hall–Kier alpha value is 0.0300. The molecule has 1 rings (SSSR count). The molecule has 6 N–H and O–H groups in total. The lowest BCUT2D eigenvalue weighted by atomic mass is 10.2. The highest BCUT2D eigenvalue weighted by Crippen LogP contribution is 2.25. The second-order valence-electron chi connectivity index (χ2n) is 4.11. The predicted molar refractivity (Wildman–Crippen MR) is 61.7 cm³/mol. The highest BCUT2D eigenvalue weighted by molar-refractivity contribution is 7.97. The van der Waals surface area contributed by atoms with E-state index in [9.17, 15) is 15.3 Å². The summed E-state index contributed by atoms with van der Waals surface area (Å²) in [5, 5.41) is 57.9. The molecule has 0 bridgehead atoms. The molecule has 1 unspecified atom stereocenters. The van der Waals surface area contributed by atoms with E-state index in [1.165, 1.54) is 0 Å². The van der Waals surface area contributed by atoms with E-state index in [4.69, 9.17) is 15.5 Å². The van der Waals surface area contributed by atoms with Crippen molar-refractivity contribution >= 4 is 10.9 Å². The summed E-state index contributed by atoms with van der Waals surface area (Å²) < 4.78 is 0. The van der Waals surface area contributed by atoms with Gasteiger partial charge < -0.3 is 25.5 Å². The second kappa shape index (κ2) is 7.58. The summed E-state index contributed by atoms with van der Waals surface area (Å²) in [6.07, 6.45) is -4.22. The van der Waals surface area contributed by atoms with Gasteiger partial charge in [-0.2, -0.15) is 4.89 Å². The van der Waals surface area contributed by atoms with Crippen molar-refractivity contribution < 1.29 is 40.7 Å². The van der Waals surface area contributed by atoms with Gasteiger partial charge >= 0.3 is 0 Å². The van der Waals surface area contributed by atoms with Crippen molar-refractivity contribution in [3.8, 4) is 0 Å². The van der Waals surface area contributed by atoms with Crippen LogP contribution in [0.5, 0.6) is 0 Å². The van der Waals surface area contributed by atoms with Crippen LogP contribution >= 0.6 is 0 Å². The Kier molecular flexibility index (Phi) is 6.77. The molecule has 1 saturated heterocycles. The van der Waals surface area contributed by atoms with E-state index >= 15 is 0 Å². The van der Waals surface area contributed by atoms with E-state index < -0.39 is 47.2 Å². The van der Waals surface area contributed by atoms with Crippen LogP contribution in [0.15, 0.2) is 0 Å². The third kappa shape index (κ3) is 3.76. The fourth-order valence-electron chi connectivity index (χ4n) is 1.89. The molecule has 9 heteroatoms. The third-order valence-corrected chi connectivity index (χ3v) is 5.75. The Balaban J connectivity index is 2.55. The van der Waals surface area contributed by atoms with Crippen LogP contribution in [0.25, 0.3) is 0 Å². The summed E-state index contributed by atoms with van der Waals surface area (Å²) in [6.45, 7) is -0.858. The first-order chi connectivity index (χ1) is 8.54. The van der Waals surface area contributed by atoms with Crippen LogP contribution in [0.1, 0.15) is 0 Å². The summed E-state index contributed by atoms with van der Waals surface area (Å²) in [5.41, 5.74) is 0. The van der Waals surface area contributed by atoms with Crippen LogP contribution in [0, 0.1) is 0 Å². The van der Waals surface area contributed by atoms with Crippen molar-refractivity contribution in [2.75, 3.05) is 24.7 Å². The SMILES string of the molecule is OC[C@H](OOO)[C@H](O)C[S+]1C[C@@H](O)[C@H](O)[C@H]1CO. The molecule has 1 heterocycles. The van der Waals surface area contributed by atoms with Gasteiger partial charge in [0.25, 0.3) is 0 Å². The van der Waals surface area contributed by atoms with Crippen molar-refractivity contribution in [3.63, 3.8) is 0 Å². The second-order valence-corrected chi connectivity index (χ2v) is 6.46. The zero-order valence-electron chi connectivity index (χ0n) is 9.62. The predicted octanol–water partition coefficient (Wildman–Crippen LogP) is -3.16. The molecule has 0 aromatic carbocycles. The Labute approximate surface area is 107 Å². The summed E-state index contributed by atoms with van der Waals surface area (Å²) in [6, 6.07) is 0. The first kappa shape index (κ1) is 16.1. The first-order valence-electron chi connectivity index (χ1n) is 5.44. The van der Waals surface area contributed by atoms with Gasteiger partial charge in [0.2, 0.25) is 0 Å². The number of aliphatic hydroxyl groups is 5. The monoisotopic (exact) mass is 287 g/mol. The summed E-state index contributed by atoms with van der Waals surface area (Å²) >= 11 is 0. The van der Waals surface area contributed by atoms with E-state index in [1.807, 2.05) is 0 Å². The van der Waals surface area contributed by atoms with Gasteiger partial charge in [-0.1, -0.05) is 5.04 Å². The maximum absolute atomic E-state index is 9.77. The van der Waals surface area contributed by atoms with Crippen LogP contribution in [-0.4, -0.2) is 85.2 Å². The number of rotatable bonds is 7. The van der Waals surface area contributed by atoms with Gasteiger partial charge in [0, 0.05) is 10.9 Å². The normalized spacial score (nSPS) is 35.7. The van der Waals surface area contributed by atoms with Gasteiger partial charge in [0.05, 0.1) is 13.2 Å². The topological polar surface area (TPSA) is 140 Å². The Morgan fingerprint density at radius 3 is 2.44 bits per heavy atom. The van der Waals surface area contributed by atoms with E-state index in [0.717, 1.165) is 0 Å². The van der Waals surface area contributed by atoms with Crippen LogP contribution in [-0.2, 0) is 20.8 Å². The van der Waals surface area contributed by atoms with Crippen molar-refractivity contribution in [3.05, 3.63) is 0 Å². The molecule has 0 amide bonds. The minimum atomic E-state index is -1.14. The Morgan fingerprint density at radius 1 is 1.28 bits per heavy atom. The smallest absolute Gasteiger partial charge is 0.169 e. The van der Waals surface area contributed by atoms with Crippen LogP contribution in [0.3, 0.4) is 0 Å². The molecule has 0 saturated carbocycles. The molecule has 0 aliphatic carbocycles. The maximum atomic E-state index is 9.77. The number of hydrogen-bond acceptors (Lipinski definition) is 8. The maximum Gasteiger partial charge on any atom is 0.169 e. The Morgan fingerprint density at radius 2 is 1.94 bits per heavy atom. The molecule has 18 heavy (non-hydrogen) atoms. The minimum absolute atomic E-state index is 0.119. The molecule has 1 fully saturated rings. The lowest BCUT2D eigenvalue weighted by molar-refractivity contribution is -0.512. The fraction of sp³-hybridized carbons (Fsp3) is 1.00. The molecule has 0 radical (unpaired) electrons. The fourth-order valence-corrected chi connectivity index (χ4v) is 4.60. The van der Waals surface area contributed by atoms with Gasteiger partial charge in [-0.3, -0.25) is 0 Å². The molecule has 1 aliphatic rings. The molecule has 108 valence electrons.